The summed E-state index contributed by atoms with van der Waals surface area (Å²) in [4.78, 5) is 0. The predicted molar refractivity (Wildman–Crippen MR) is 41.9 cm³/mol. The average molecular weight is 271 g/mol. The van der Waals surface area contributed by atoms with Crippen molar-refractivity contribution in [3.05, 3.63) is 0 Å². The molecule has 0 spiro atoms. The number of alkyl halides is 2. The molecule has 1 heterocycles. The molecule has 2 atom stereocenters. The number of nitrogens with zero attached hydrogens (tertiary/aromatic N) is 1. The molecule has 0 aromatic heterocycles. The Morgan fingerprint density at radius 1 is 1.60 bits per heavy atom. The lowest BCUT2D eigenvalue weighted by molar-refractivity contribution is -0.0914. The van der Waals surface area contributed by atoms with E-state index in [9.17, 15) is 0 Å². The van der Waals surface area contributed by atoms with Gasteiger partial charge in [0.05, 0.1) is 13.2 Å². The van der Waals surface area contributed by atoms with E-state index in [1.165, 1.54) is 0 Å². The Morgan fingerprint density at radius 3 is 2.70 bits per heavy atom. The molecule has 0 amide bonds. The van der Waals surface area contributed by atoms with Crippen LogP contribution in [0.25, 0.3) is 0 Å². The van der Waals surface area contributed by atoms with E-state index >= 15 is 0 Å². The molecule has 0 aliphatic carbocycles. The van der Waals surface area contributed by atoms with E-state index in [-0.39, 0.29) is 0 Å². The van der Waals surface area contributed by atoms with Crippen LogP contribution in [-0.2, 0) is 9.47 Å². The van der Waals surface area contributed by atoms with Gasteiger partial charge < -0.3 is 9.47 Å². The van der Waals surface area contributed by atoms with Gasteiger partial charge in [-0.3, -0.25) is 0 Å². The van der Waals surface area contributed by atoms with Crippen LogP contribution in [0, 0.1) is 11.3 Å². The van der Waals surface area contributed by atoms with E-state index in [2.05, 4.69) is 31.9 Å². The molecule has 0 bridgehead atoms. The highest BCUT2D eigenvalue weighted by molar-refractivity contribution is 9.12. The van der Waals surface area contributed by atoms with Crippen molar-refractivity contribution in [1.82, 2.24) is 0 Å². The largest absolute Gasteiger partial charge is 0.359 e. The lowest BCUT2D eigenvalue weighted by Crippen LogP contribution is -2.41. The Bertz CT molecular complexity index is 170. The van der Waals surface area contributed by atoms with Crippen molar-refractivity contribution in [3.63, 3.8) is 0 Å². The van der Waals surface area contributed by atoms with Crippen molar-refractivity contribution in [2.24, 2.45) is 0 Å². The van der Waals surface area contributed by atoms with Gasteiger partial charge in [-0.2, -0.15) is 5.26 Å². The number of rotatable bonds is 0. The molecular weight excluding hydrogens is 266 g/mol. The van der Waals surface area contributed by atoms with Crippen molar-refractivity contribution in [3.8, 4) is 6.07 Å². The molecule has 0 saturated carbocycles. The third-order valence-corrected chi connectivity index (χ3v) is 3.45. The lowest BCUT2D eigenvalue weighted by atomic mass is 10.4. The zero-order chi connectivity index (χ0) is 7.61. The van der Waals surface area contributed by atoms with Crippen molar-refractivity contribution in [2.45, 2.75) is 9.52 Å². The van der Waals surface area contributed by atoms with Crippen LogP contribution in [0.4, 0.5) is 0 Å². The smallest absolute Gasteiger partial charge is 0.246 e. The number of hydrogen-bond donors (Lipinski definition) is 0. The van der Waals surface area contributed by atoms with Gasteiger partial charge in [0.2, 0.25) is 4.51 Å². The molecule has 0 aromatic carbocycles. The third-order valence-electron chi connectivity index (χ3n) is 1.10. The van der Waals surface area contributed by atoms with E-state index in [0.29, 0.717) is 13.2 Å². The summed E-state index contributed by atoms with van der Waals surface area (Å²) in [5, 5.41) is 8.20. The van der Waals surface area contributed by atoms with E-state index in [1.807, 2.05) is 6.07 Å². The summed E-state index contributed by atoms with van der Waals surface area (Å²) in [5.41, 5.74) is 0. The Hall–Kier alpha value is 0.370. The first-order valence-electron chi connectivity index (χ1n) is 2.69. The highest BCUT2D eigenvalue weighted by atomic mass is 79.9. The maximum Gasteiger partial charge on any atom is 0.246 e. The van der Waals surface area contributed by atoms with E-state index in [1.54, 1.807) is 0 Å². The Kier molecular flexibility index (Phi) is 2.69. The highest BCUT2D eigenvalue weighted by Gasteiger charge is 2.39. The fourth-order valence-corrected chi connectivity index (χ4v) is 1.31. The topological polar surface area (TPSA) is 42.2 Å². The summed E-state index contributed by atoms with van der Waals surface area (Å²) in [7, 11) is 0. The molecule has 2 unspecified atom stereocenters. The van der Waals surface area contributed by atoms with Crippen molar-refractivity contribution < 1.29 is 9.47 Å². The first kappa shape index (κ1) is 8.47. The van der Waals surface area contributed by atoms with Gasteiger partial charge in [-0.05, 0) is 15.9 Å². The first-order chi connectivity index (χ1) is 4.69. The number of nitriles is 1. The molecule has 3 nitrogen and oxygen atoms in total. The molecule has 0 aromatic rings. The quantitative estimate of drug-likeness (QED) is 0.625. The zero-order valence-corrected chi connectivity index (χ0v) is 8.18. The number of hydrogen-bond acceptors (Lipinski definition) is 3. The number of halogens is 2. The summed E-state index contributed by atoms with van der Waals surface area (Å²) in [6, 6.07) is 1.95. The van der Waals surface area contributed by atoms with E-state index in [4.69, 9.17) is 14.7 Å². The third kappa shape index (κ3) is 1.51. The van der Waals surface area contributed by atoms with Gasteiger partial charge in [0, 0.05) is 0 Å². The minimum Gasteiger partial charge on any atom is -0.359 e. The van der Waals surface area contributed by atoms with Crippen LogP contribution in [0.5, 0.6) is 0 Å². The lowest BCUT2D eigenvalue weighted by Gasteiger charge is -2.30. The minimum atomic E-state index is -1.01. The fourth-order valence-electron chi connectivity index (χ4n) is 0.598. The molecular formula is C5H5Br2NO2. The van der Waals surface area contributed by atoms with Gasteiger partial charge in [0.25, 0.3) is 0 Å². The Labute approximate surface area is 75.5 Å². The summed E-state index contributed by atoms with van der Waals surface area (Å²) in [6.45, 7) is 0.964. The van der Waals surface area contributed by atoms with Crippen LogP contribution in [-0.4, -0.2) is 22.7 Å². The normalized spacial score (nSPS) is 40.7. The van der Waals surface area contributed by atoms with Crippen LogP contribution in [0.2, 0.25) is 0 Å². The molecule has 1 aliphatic heterocycles. The molecule has 0 radical (unpaired) electrons. The van der Waals surface area contributed by atoms with Crippen LogP contribution >= 0.6 is 31.9 Å². The molecule has 0 N–H and O–H groups in total. The Morgan fingerprint density at radius 2 is 2.30 bits per heavy atom. The van der Waals surface area contributed by atoms with Gasteiger partial charge >= 0.3 is 0 Å². The van der Waals surface area contributed by atoms with Crippen molar-refractivity contribution >= 4 is 31.9 Å². The maximum atomic E-state index is 8.59. The Balaban J connectivity index is 2.65. The van der Waals surface area contributed by atoms with Crippen LogP contribution < -0.4 is 0 Å². The predicted octanol–water partition coefficient (Wildman–Crippen LogP) is 1.37. The van der Waals surface area contributed by atoms with Crippen LogP contribution in [0.3, 0.4) is 0 Å². The standard InChI is InChI=1S/C5H5Br2NO2/c6-4-5(7,3-8)10-2-1-9-4/h4H,1-2H2. The van der Waals surface area contributed by atoms with Crippen molar-refractivity contribution in [2.75, 3.05) is 13.2 Å². The van der Waals surface area contributed by atoms with Crippen LogP contribution in [0.1, 0.15) is 0 Å². The minimum absolute atomic E-state index is 0.390. The van der Waals surface area contributed by atoms with E-state index in [0.717, 1.165) is 0 Å². The van der Waals surface area contributed by atoms with Crippen molar-refractivity contribution in [1.29, 1.82) is 5.26 Å². The molecule has 1 rings (SSSR count). The van der Waals surface area contributed by atoms with Gasteiger partial charge in [-0.25, -0.2) is 0 Å². The maximum absolute atomic E-state index is 8.59. The molecule has 1 aliphatic rings. The van der Waals surface area contributed by atoms with Gasteiger partial charge in [0.15, 0.2) is 5.01 Å². The molecule has 10 heavy (non-hydrogen) atoms. The monoisotopic (exact) mass is 269 g/mol. The molecule has 5 heteroatoms. The summed E-state index contributed by atoms with van der Waals surface area (Å²) in [5.74, 6) is 0. The first-order valence-corrected chi connectivity index (χ1v) is 4.40. The van der Waals surface area contributed by atoms with Gasteiger partial charge in [-0.15, -0.1) is 0 Å². The van der Waals surface area contributed by atoms with Gasteiger partial charge in [-0.1, -0.05) is 15.9 Å². The SMILES string of the molecule is N#CC1(Br)OCCOC1Br. The number of ether oxygens (including phenoxy) is 2. The van der Waals surface area contributed by atoms with Gasteiger partial charge in [0.1, 0.15) is 6.07 Å². The summed E-state index contributed by atoms with van der Waals surface area (Å²) in [6.07, 6.45) is 0. The second-order valence-corrected chi connectivity index (χ2v) is 3.80. The summed E-state index contributed by atoms with van der Waals surface area (Å²) < 4.78 is 9.21. The average Bonchev–Trinajstić information content (AvgIpc) is 1.96. The molecule has 1 fully saturated rings. The van der Waals surface area contributed by atoms with Crippen LogP contribution in [0.15, 0.2) is 0 Å². The molecule has 1 saturated heterocycles. The second-order valence-electron chi connectivity index (χ2n) is 1.79. The van der Waals surface area contributed by atoms with E-state index < -0.39 is 9.52 Å². The second kappa shape index (κ2) is 3.18. The highest BCUT2D eigenvalue weighted by Crippen LogP contribution is 2.32. The summed E-state index contributed by atoms with van der Waals surface area (Å²) >= 11 is 6.26. The fraction of sp³-hybridized carbons (Fsp3) is 0.800. The molecule has 56 valence electrons. The zero-order valence-electron chi connectivity index (χ0n) is 5.01.